The van der Waals surface area contributed by atoms with Gasteiger partial charge in [-0.15, -0.1) is 0 Å². The molecule has 1 rings (SSSR count). The summed E-state index contributed by atoms with van der Waals surface area (Å²) in [5, 5.41) is 10.7. The van der Waals surface area contributed by atoms with Crippen LogP contribution in [0, 0.1) is 10.1 Å². The van der Waals surface area contributed by atoms with Gasteiger partial charge >= 0.3 is 0 Å². The van der Waals surface area contributed by atoms with Gasteiger partial charge in [-0.05, 0) is 40.4 Å². The van der Waals surface area contributed by atoms with Crippen molar-refractivity contribution in [2.45, 2.75) is 26.2 Å². The first kappa shape index (κ1) is 12.0. The third-order valence-corrected chi connectivity index (χ3v) is 2.84. The average Bonchev–Trinajstić information content (AvgIpc) is 2.19. The number of nitrogens with two attached hydrogens (primary N) is 1. The Morgan fingerprint density at radius 3 is 2.73 bits per heavy atom. The highest BCUT2D eigenvalue weighted by molar-refractivity contribution is 9.10. The summed E-state index contributed by atoms with van der Waals surface area (Å²) in [6, 6.07) is 3.40. The fraction of sp³-hybridized carbons (Fsp3) is 0.400. The summed E-state index contributed by atoms with van der Waals surface area (Å²) in [5.41, 5.74) is 6.72. The number of nitrogens with zero attached hydrogens (tertiary/aromatic N) is 1. The topological polar surface area (TPSA) is 69.2 Å². The second kappa shape index (κ2) is 5.11. The van der Waals surface area contributed by atoms with E-state index in [4.69, 9.17) is 5.73 Å². The van der Waals surface area contributed by atoms with Crippen molar-refractivity contribution in [3.05, 3.63) is 32.3 Å². The summed E-state index contributed by atoms with van der Waals surface area (Å²) >= 11 is 3.23. The Bertz CT molecular complexity index is 380. The van der Waals surface area contributed by atoms with Crippen LogP contribution < -0.4 is 5.73 Å². The monoisotopic (exact) mass is 272 g/mol. The molecule has 2 N–H and O–H groups in total. The molecule has 0 aliphatic rings. The maximum absolute atomic E-state index is 10.7. The molecule has 1 aromatic rings. The van der Waals surface area contributed by atoms with E-state index in [1.165, 1.54) is 0 Å². The molecule has 0 saturated heterocycles. The molecule has 0 bridgehead atoms. The molecule has 15 heavy (non-hydrogen) atoms. The van der Waals surface area contributed by atoms with E-state index in [9.17, 15) is 10.1 Å². The van der Waals surface area contributed by atoms with Crippen molar-refractivity contribution in [1.82, 2.24) is 0 Å². The maximum Gasteiger partial charge on any atom is 0.293 e. The lowest BCUT2D eigenvalue weighted by Gasteiger charge is -2.04. The van der Waals surface area contributed by atoms with E-state index < -0.39 is 4.92 Å². The quantitative estimate of drug-likeness (QED) is 0.520. The van der Waals surface area contributed by atoms with Crippen LogP contribution in [0.2, 0.25) is 0 Å². The van der Waals surface area contributed by atoms with Crippen molar-refractivity contribution in [3.63, 3.8) is 0 Å². The summed E-state index contributed by atoms with van der Waals surface area (Å²) in [6.07, 6.45) is 2.93. The van der Waals surface area contributed by atoms with Crippen molar-refractivity contribution in [2.75, 3.05) is 5.73 Å². The molecule has 0 fully saturated rings. The number of nitro benzene ring substituents is 1. The Balaban J connectivity index is 3.06. The van der Waals surface area contributed by atoms with Gasteiger partial charge in [0, 0.05) is 10.5 Å². The van der Waals surface area contributed by atoms with Gasteiger partial charge in [0.25, 0.3) is 5.69 Å². The maximum atomic E-state index is 10.7. The summed E-state index contributed by atoms with van der Waals surface area (Å²) in [5.74, 6) is 0. The Morgan fingerprint density at radius 1 is 1.53 bits per heavy atom. The van der Waals surface area contributed by atoms with Crippen LogP contribution >= 0.6 is 15.9 Å². The predicted octanol–water partition coefficient (Wildman–Crippen LogP) is 3.28. The van der Waals surface area contributed by atoms with Gasteiger partial charge in [-0.25, -0.2) is 0 Å². The first-order chi connectivity index (χ1) is 7.06. The number of nitro groups is 1. The van der Waals surface area contributed by atoms with E-state index in [2.05, 4.69) is 22.9 Å². The van der Waals surface area contributed by atoms with Crippen LogP contribution in [0.5, 0.6) is 0 Å². The standard InChI is InChI=1S/C10H13BrN2O2/c1-2-3-4-7-5-8(11)10(12)9(6-7)13(14)15/h5-6H,2-4,12H2,1H3. The van der Waals surface area contributed by atoms with E-state index in [0.717, 1.165) is 24.8 Å². The average molecular weight is 273 g/mol. The molecular weight excluding hydrogens is 260 g/mol. The summed E-state index contributed by atoms with van der Waals surface area (Å²) in [6.45, 7) is 2.08. The van der Waals surface area contributed by atoms with Gasteiger partial charge in [-0.1, -0.05) is 13.3 Å². The highest BCUT2D eigenvalue weighted by Gasteiger charge is 2.15. The van der Waals surface area contributed by atoms with Gasteiger partial charge in [0.2, 0.25) is 0 Å². The molecule has 0 aromatic heterocycles. The van der Waals surface area contributed by atoms with Gasteiger partial charge in [-0.2, -0.15) is 0 Å². The number of benzene rings is 1. The van der Waals surface area contributed by atoms with Crippen molar-refractivity contribution in [1.29, 1.82) is 0 Å². The highest BCUT2D eigenvalue weighted by atomic mass is 79.9. The minimum Gasteiger partial charge on any atom is -0.392 e. The van der Waals surface area contributed by atoms with Gasteiger partial charge in [0.15, 0.2) is 0 Å². The summed E-state index contributed by atoms with van der Waals surface area (Å²) in [7, 11) is 0. The van der Waals surface area contributed by atoms with Crippen molar-refractivity contribution in [3.8, 4) is 0 Å². The highest BCUT2D eigenvalue weighted by Crippen LogP contribution is 2.31. The van der Waals surface area contributed by atoms with Gasteiger partial charge in [0.1, 0.15) is 5.69 Å². The molecule has 4 nitrogen and oxygen atoms in total. The Morgan fingerprint density at radius 2 is 2.20 bits per heavy atom. The third kappa shape index (κ3) is 2.92. The molecule has 0 heterocycles. The second-order valence-electron chi connectivity index (χ2n) is 3.37. The van der Waals surface area contributed by atoms with Crippen molar-refractivity contribution in [2.24, 2.45) is 0 Å². The van der Waals surface area contributed by atoms with E-state index in [1.54, 1.807) is 6.07 Å². The van der Waals surface area contributed by atoms with Crippen LogP contribution in [-0.4, -0.2) is 4.92 Å². The first-order valence-corrected chi connectivity index (χ1v) is 5.57. The molecule has 0 spiro atoms. The number of rotatable bonds is 4. The largest absolute Gasteiger partial charge is 0.392 e. The zero-order chi connectivity index (χ0) is 11.4. The van der Waals surface area contributed by atoms with Crippen molar-refractivity contribution >= 4 is 27.3 Å². The lowest BCUT2D eigenvalue weighted by molar-refractivity contribution is -0.384. The predicted molar refractivity (Wildman–Crippen MR) is 63.8 cm³/mol. The normalized spacial score (nSPS) is 10.3. The van der Waals surface area contributed by atoms with Crippen LogP contribution in [0.3, 0.4) is 0 Å². The number of hydrogen-bond acceptors (Lipinski definition) is 3. The molecule has 0 aliphatic heterocycles. The number of unbranched alkanes of at least 4 members (excludes halogenated alkanes) is 1. The summed E-state index contributed by atoms with van der Waals surface area (Å²) in [4.78, 5) is 10.3. The van der Waals surface area contributed by atoms with Gasteiger partial charge in [0.05, 0.1) is 4.92 Å². The van der Waals surface area contributed by atoms with Crippen LogP contribution in [0.15, 0.2) is 16.6 Å². The molecule has 0 atom stereocenters. The second-order valence-corrected chi connectivity index (χ2v) is 4.23. The van der Waals surface area contributed by atoms with E-state index in [0.29, 0.717) is 4.47 Å². The van der Waals surface area contributed by atoms with Gasteiger partial charge < -0.3 is 5.73 Å². The van der Waals surface area contributed by atoms with Crippen LogP contribution in [0.1, 0.15) is 25.3 Å². The number of hydrogen-bond donors (Lipinski definition) is 1. The first-order valence-electron chi connectivity index (χ1n) is 4.78. The molecular formula is C10H13BrN2O2. The molecule has 5 heteroatoms. The fourth-order valence-corrected chi connectivity index (χ4v) is 1.83. The third-order valence-electron chi connectivity index (χ3n) is 2.18. The van der Waals surface area contributed by atoms with E-state index >= 15 is 0 Å². The van der Waals surface area contributed by atoms with E-state index in [1.807, 2.05) is 6.07 Å². The Kier molecular flexibility index (Phi) is 4.08. The molecule has 82 valence electrons. The van der Waals surface area contributed by atoms with Crippen LogP contribution in [0.4, 0.5) is 11.4 Å². The van der Waals surface area contributed by atoms with Crippen LogP contribution in [-0.2, 0) is 6.42 Å². The minimum absolute atomic E-state index is 0.0181. The number of aryl methyl sites for hydroxylation is 1. The smallest absolute Gasteiger partial charge is 0.293 e. The Hall–Kier alpha value is -1.10. The minimum atomic E-state index is -0.449. The summed E-state index contributed by atoms with van der Waals surface area (Å²) < 4.78 is 0.600. The molecule has 0 aliphatic carbocycles. The number of nitrogen functional groups attached to an aromatic ring is 1. The zero-order valence-electron chi connectivity index (χ0n) is 8.50. The molecule has 0 saturated carbocycles. The number of halogens is 1. The zero-order valence-corrected chi connectivity index (χ0v) is 10.1. The molecule has 0 radical (unpaired) electrons. The molecule has 0 unspecified atom stereocenters. The lowest BCUT2D eigenvalue weighted by Crippen LogP contribution is -1.98. The van der Waals surface area contributed by atoms with Gasteiger partial charge in [-0.3, -0.25) is 10.1 Å². The van der Waals surface area contributed by atoms with E-state index in [-0.39, 0.29) is 11.4 Å². The molecule has 1 aromatic carbocycles. The fourth-order valence-electron chi connectivity index (χ4n) is 1.33. The SMILES string of the molecule is CCCCc1cc(Br)c(N)c([N+](=O)[O-])c1. The van der Waals surface area contributed by atoms with Crippen LogP contribution in [0.25, 0.3) is 0 Å². The lowest BCUT2D eigenvalue weighted by atomic mass is 10.1. The Labute approximate surface area is 96.8 Å². The van der Waals surface area contributed by atoms with Crippen molar-refractivity contribution < 1.29 is 4.92 Å². The molecule has 0 amide bonds. The number of anilines is 1.